The third-order valence-corrected chi connectivity index (χ3v) is 7.21. The SMILES string of the molecule is C#Cc1ncc(-c2cc(NC(=O)c3ccnc(C4(C)CC4)c3)c(F)cc2C)cc1N1CCCCC1. The minimum absolute atomic E-state index is 0.0438. The molecule has 1 aliphatic carbocycles. The Morgan fingerprint density at radius 1 is 1.14 bits per heavy atom. The molecule has 2 aliphatic rings. The van der Waals surface area contributed by atoms with E-state index in [1.165, 1.54) is 12.5 Å². The highest BCUT2D eigenvalue weighted by atomic mass is 19.1. The van der Waals surface area contributed by atoms with E-state index in [9.17, 15) is 9.18 Å². The Morgan fingerprint density at radius 3 is 2.63 bits per heavy atom. The first kappa shape index (κ1) is 23.0. The lowest BCUT2D eigenvalue weighted by Crippen LogP contribution is -2.30. The second-order valence-electron chi connectivity index (χ2n) is 9.88. The van der Waals surface area contributed by atoms with Gasteiger partial charge >= 0.3 is 0 Å². The predicted octanol–water partition coefficient (Wildman–Crippen LogP) is 5.87. The number of halogens is 1. The van der Waals surface area contributed by atoms with Gasteiger partial charge in [0.2, 0.25) is 0 Å². The number of amides is 1. The van der Waals surface area contributed by atoms with Gasteiger partial charge in [0.15, 0.2) is 0 Å². The summed E-state index contributed by atoms with van der Waals surface area (Å²) in [6.07, 6.45) is 14.7. The van der Waals surface area contributed by atoms with Gasteiger partial charge < -0.3 is 10.2 Å². The van der Waals surface area contributed by atoms with Crippen LogP contribution in [0, 0.1) is 25.1 Å². The number of piperidine rings is 1. The van der Waals surface area contributed by atoms with E-state index in [-0.39, 0.29) is 17.0 Å². The van der Waals surface area contributed by atoms with Gasteiger partial charge in [-0.3, -0.25) is 9.78 Å². The van der Waals surface area contributed by atoms with Crippen molar-refractivity contribution in [3.63, 3.8) is 0 Å². The number of carbonyl (C=O) groups excluding carboxylic acids is 1. The number of rotatable bonds is 5. The fraction of sp³-hybridized carbons (Fsp3) is 0.345. The monoisotopic (exact) mass is 468 g/mol. The smallest absolute Gasteiger partial charge is 0.255 e. The third kappa shape index (κ3) is 4.64. The van der Waals surface area contributed by atoms with E-state index >= 15 is 0 Å². The van der Waals surface area contributed by atoms with Gasteiger partial charge in [-0.2, -0.15) is 0 Å². The molecule has 178 valence electrons. The summed E-state index contributed by atoms with van der Waals surface area (Å²) in [5.41, 5.74) is 5.49. The quantitative estimate of drug-likeness (QED) is 0.476. The predicted molar refractivity (Wildman–Crippen MR) is 137 cm³/mol. The van der Waals surface area contributed by atoms with Gasteiger partial charge in [0.1, 0.15) is 11.5 Å². The molecule has 1 aliphatic heterocycles. The first-order valence-corrected chi connectivity index (χ1v) is 12.2. The van der Waals surface area contributed by atoms with Crippen LogP contribution in [0.3, 0.4) is 0 Å². The zero-order chi connectivity index (χ0) is 24.6. The van der Waals surface area contributed by atoms with Gasteiger partial charge in [-0.05, 0) is 86.4 Å². The highest BCUT2D eigenvalue weighted by molar-refractivity contribution is 6.04. The van der Waals surface area contributed by atoms with Gasteiger partial charge in [0.05, 0.1) is 11.4 Å². The summed E-state index contributed by atoms with van der Waals surface area (Å²) in [4.78, 5) is 24.2. The number of hydrogen-bond donors (Lipinski definition) is 1. The largest absolute Gasteiger partial charge is 0.369 e. The Hall–Kier alpha value is -3.72. The Bertz CT molecular complexity index is 1330. The number of anilines is 2. The lowest BCUT2D eigenvalue weighted by atomic mass is 9.99. The summed E-state index contributed by atoms with van der Waals surface area (Å²) in [7, 11) is 0. The van der Waals surface area contributed by atoms with Gasteiger partial charge in [-0.25, -0.2) is 9.37 Å². The number of aromatic nitrogens is 2. The second-order valence-corrected chi connectivity index (χ2v) is 9.88. The maximum atomic E-state index is 14.9. The van der Waals surface area contributed by atoms with Crippen LogP contribution in [0.25, 0.3) is 11.1 Å². The molecular formula is C29H29FN4O. The van der Waals surface area contributed by atoms with Crippen molar-refractivity contribution in [2.75, 3.05) is 23.3 Å². The van der Waals surface area contributed by atoms with Crippen LogP contribution in [0.1, 0.15) is 66.3 Å². The first-order valence-electron chi connectivity index (χ1n) is 12.2. The van der Waals surface area contributed by atoms with Crippen molar-refractivity contribution in [1.29, 1.82) is 0 Å². The van der Waals surface area contributed by atoms with Crippen LogP contribution in [0.4, 0.5) is 15.8 Å². The van der Waals surface area contributed by atoms with Gasteiger partial charge in [0, 0.05) is 47.7 Å². The molecule has 1 amide bonds. The summed E-state index contributed by atoms with van der Waals surface area (Å²) in [5.74, 6) is 1.86. The summed E-state index contributed by atoms with van der Waals surface area (Å²) in [5, 5.41) is 2.76. The molecule has 0 unspecified atom stereocenters. The van der Waals surface area contributed by atoms with Gasteiger partial charge in [-0.15, -0.1) is 6.42 Å². The average Bonchev–Trinajstić information content (AvgIpc) is 3.64. The highest BCUT2D eigenvalue weighted by Crippen LogP contribution is 2.46. The molecule has 0 spiro atoms. The number of nitrogens with zero attached hydrogens (tertiary/aromatic N) is 3. The van der Waals surface area contributed by atoms with Crippen LogP contribution < -0.4 is 10.2 Å². The molecule has 0 radical (unpaired) electrons. The van der Waals surface area contributed by atoms with Crippen molar-refractivity contribution in [2.24, 2.45) is 0 Å². The van der Waals surface area contributed by atoms with Crippen molar-refractivity contribution in [3.05, 3.63) is 71.1 Å². The molecule has 0 bridgehead atoms. The zero-order valence-electron chi connectivity index (χ0n) is 20.2. The fourth-order valence-corrected chi connectivity index (χ4v) is 4.71. The number of pyridine rings is 2. The maximum Gasteiger partial charge on any atom is 0.255 e. The van der Waals surface area contributed by atoms with E-state index in [2.05, 4.69) is 33.0 Å². The summed E-state index contributed by atoms with van der Waals surface area (Å²) >= 11 is 0. The van der Waals surface area contributed by atoms with Crippen LogP contribution >= 0.6 is 0 Å². The molecular weight excluding hydrogens is 439 g/mol. The molecule has 3 aromatic rings. The standard InChI is InChI=1S/C29H29FN4O/c1-4-24-26(34-12-6-5-7-13-34)15-21(18-32-24)22-17-25(23(30)14-19(22)2)33-28(35)20-8-11-31-27(16-20)29(3)9-10-29/h1,8,11,14-18H,5-7,9-10,12-13H2,2-3H3,(H,33,35). The van der Waals surface area contributed by atoms with Crippen molar-refractivity contribution < 1.29 is 9.18 Å². The summed E-state index contributed by atoms with van der Waals surface area (Å²) in [6, 6.07) is 8.63. The number of hydrogen-bond acceptors (Lipinski definition) is 4. The molecule has 1 saturated heterocycles. The van der Waals surface area contributed by atoms with Crippen LogP contribution in [-0.2, 0) is 5.41 Å². The molecule has 6 heteroatoms. The minimum atomic E-state index is -0.479. The highest BCUT2D eigenvalue weighted by Gasteiger charge is 2.40. The zero-order valence-corrected chi connectivity index (χ0v) is 20.2. The van der Waals surface area contributed by atoms with E-state index in [0.29, 0.717) is 11.3 Å². The van der Waals surface area contributed by atoms with Crippen LogP contribution in [0.2, 0.25) is 0 Å². The lowest BCUT2D eigenvalue weighted by Gasteiger charge is -2.29. The van der Waals surface area contributed by atoms with E-state index in [1.807, 2.05) is 19.1 Å². The number of aryl methyl sites for hydroxylation is 1. The van der Waals surface area contributed by atoms with Crippen molar-refractivity contribution >= 4 is 17.3 Å². The normalized spacial score (nSPS) is 16.5. The Labute approximate surface area is 205 Å². The average molecular weight is 469 g/mol. The molecule has 5 rings (SSSR count). The number of benzene rings is 1. The molecule has 2 aromatic heterocycles. The minimum Gasteiger partial charge on any atom is -0.369 e. The van der Waals surface area contributed by atoms with E-state index in [4.69, 9.17) is 6.42 Å². The maximum absolute atomic E-state index is 14.9. The van der Waals surface area contributed by atoms with Crippen LogP contribution in [-0.4, -0.2) is 29.0 Å². The van der Waals surface area contributed by atoms with Gasteiger partial charge in [-0.1, -0.05) is 6.92 Å². The molecule has 1 saturated carbocycles. The Balaban J connectivity index is 1.46. The molecule has 35 heavy (non-hydrogen) atoms. The van der Waals surface area contributed by atoms with E-state index in [1.54, 1.807) is 24.5 Å². The summed E-state index contributed by atoms with van der Waals surface area (Å²) < 4.78 is 14.9. The summed E-state index contributed by atoms with van der Waals surface area (Å²) in [6.45, 7) is 5.87. The van der Waals surface area contributed by atoms with E-state index in [0.717, 1.165) is 66.8 Å². The molecule has 5 nitrogen and oxygen atoms in total. The molecule has 3 heterocycles. The molecule has 2 fully saturated rings. The molecule has 0 atom stereocenters. The van der Waals surface area contributed by atoms with Crippen molar-refractivity contribution in [2.45, 2.75) is 51.4 Å². The van der Waals surface area contributed by atoms with Crippen LogP contribution in [0.5, 0.6) is 0 Å². The van der Waals surface area contributed by atoms with Crippen LogP contribution in [0.15, 0.2) is 42.7 Å². The fourth-order valence-electron chi connectivity index (χ4n) is 4.71. The lowest BCUT2D eigenvalue weighted by molar-refractivity contribution is 0.102. The molecule has 1 N–H and O–H groups in total. The van der Waals surface area contributed by atoms with Crippen molar-refractivity contribution in [1.82, 2.24) is 9.97 Å². The Morgan fingerprint density at radius 2 is 1.91 bits per heavy atom. The number of carbonyl (C=O) groups is 1. The topological polar surface area (TPSA) is 58.1 Å². The van der Waals surface area contributed by atoms with E-state index < -0.39 is 5.82 Å². The van der Waals surface area contributed by atoms with Crippen molar-refractivity contribution in [3.8, 4) is 23.5 Å². The van der Waals surface area contributed by atoms with Gasteiger partial charge in [0.25, 0.3) is 5.91 Å². The third-order valence-electron chi connectivity index (χ3n) is 7.21. The second kappa shape index (κ2) is 9.14. The Kier molecular flexibility index (Phi) is 6.02. The first-order chi connectivity index (χ1) is 16.9. The molecule has 1 aromatic carbocycles. The number of terminal acetylenes is 1. The number of nitrogens with one attached hydrogen (secondary N) is 1.